The molecule has 0 radical (unpaired) electrons. The van der Waals surface area contributed by atoms with Crippen molar-refractivity contribution in [1.82, 2.24) is 10.0 Å². The summed E-state index contributed by atoms with van der Waals surface area (Å²) in [6.07, 6.45) is 0.619. The molecule has 1 rings (SSSR count). The first-order valence-corrected chi connectivity index (χ1v) is 6.32. The summed E-state index contributed by atoms with van der Waals surface area (Å²) in [4.78, 5) is 0. The number of sulfonamides is 1. The highest BCUT2D eigenvalue weighted by molar-refractivity contribution is 7.88. The summed E-state index contributed by atoms with van der Waals surface area (Å²) in [7, 11) is -3.12. The van der Waals surface area contributed by atoms with Crippen molar-refractivity contribution in [3.05, 3.63) is 0 Å². The van der Waals surface area contributed by atoms with Gasteiger partial charge in [0.15, 0.2) is 0 Å². The van der Waals surface area contributed by atoms with E-state index in [4.69, 9.17) is 4.74 Å². The minimum Gasteiger partial charge on any atom is -0.389 e. The van der Waals surface area contributed by atoms with Crippen LogP contribution in [0.25, 0.3) is 0 Å². The summed E-state index contributed by atoms with van der Waals surface area (Å²) in [5, 5.41) is 12.3. The summed E-state index contributed by atoms with van der Waals surface area (Å²) in [5.74, 6) is 0. The maximum absolute atomic E-state index is 10.7. The van der Waals surface area contributed by atoms with E-state index in [-0.39, 0.29) is 6.04 Å². The highest BCUT2D eigenvalue weighted by Crippen LogP contribution is 2.03. The molecule has 0 aromatic carbocycles. The van der Waals surface area contributed by atoms with E-state index in [2.05, 4.69) is 10.0 Å². The van der Waals surface area contributed by atoms with Crippen LogP contribution in [0.4, 0.5) is 0 Å². The van der Waals surface area contributed by atoms with Crippen molar-refractivity contribution >= 4 is 10.0 Å². The van der Waals surface area contributed by atoms with Crippen molar-refractivity contribution in [2.45, 2.75) is 12.1 Å². The van der Waals surface area contributed by atoms with Gasteiger partial charge in [-0.15, -0.1) is 0 Å². The van der Waals surface area contributed by atoms with Crippen LogP contribution in [0.5, 0.6) is 0 Å². The Morgan fingerprint density at radius 1 is 1.43 bits per heavy atom. The van der Waals surface area contributed by atoms with Gasteiger partial charge < -0.3 is 15.2 Å². The van der Waals surface area contributed by atoms with E-state index in [1.165, 1.54) is 0 Å². The van der Waals surface area contributed by atoms with Gasteiger partial charge in [0.25, 0.3) is 0 Å². The van der Waals surface area contributed by atoms with Gasteiger partial charge in [-0.05, 0) is 0 Å². The normalized spacial score (nSPS) is 28.1. The molecule has 14 heavy (non-hydrogen) atoms. The quantitative estimate of drug-likeness (QED) is 0.465. The molecule has 0 saturated carbocycles. The lowest BCUT2D eigenvalue weighted by molar-refractivity contribution is 0.122. The molecule has 0 aliphatic carbocycles. The van der Waals surface area contributed by atoms with E-state index in [0.29, 0.717) is 26.3 Å². The summed E-state index contributed by atoms with van der Waals surface area (Å²) < 4.78 is 28.7. The molecule has 7 heteroatoms. The predicted molar refractivity (Wildman–Crippen MR) is 51.5 cm³/mol. The van der Waals surface area contributed by atoms with Crippen molar-refractivity contribution in [3.8, 4) is 0 Å². The van der Waals surface area contributed by atoms with E-state index < -0.39 is 16.1 Å². The van der Waals surface area contributed by atoms with E-state index in [1.54, 1.807) is 0 Å². The predicted octanol–water partition coefficient (Wildman–Crippen LogP) is -2.12. The first-order chi connectivity index (χ1) is 6.49. The Morgan fingerprint density at radius 3 is 2.64 bits per heavy atom. The Labute approximate surface area is 83.7 Å². The molecule has 0 aromatic rings. The van der Waals surface area contributed by atoms with Crippen LogP contribution in [0, 0.1) is 0 Å². The first kappa shape index (κ1) is 11.9. The fourth-order valence-corrected chi connectivity index (χ4v) is 1.70. The Morgan fingerprint density at radius 2 is 2.14 bits per heavy atom. The topological polar surface area (TPSA) is 87.7 Å². The van der Waals surface area contributed by atoms with E-state index in [0.717, 1.165) is 6.26 Å². The molecule has 1 aliphatic heterocycles. The molecule has 84 valence electrons. The van der Waals surface area contributed by atoms with Crippen LogP contribution in [0.2, 0.25) is 0 Å². The fourth-order valence-electron chi connectivity index (χ4n) is 1.23. The number of ether oxygens (including phenoxy) is 1. The highest BCUT2D eigenvalue weighted by atomic mass is 32.2. The molecule has 0 amide bonds. The average molecular weight is 224 g/mol. The Bertz CT molecular complexity index is 267. The van der Waals surface area contributed by atoms with Gasteiger partial charge in [0.1, 0.15) is 0 Å². The summed E-state index contributed by atoms with van der Waals surface area (Å²) >= 11 is 0. The van der Waals surface area contributed by atoms with Gasteiger partial charge in [-0.25, -0.2) is 13.1 Å². The number of aliphatic hydroxyl groups is 1. The third-order valence-corrected chi connectivity index (χ3v) is 2.67. The molecule has 2 unspecified atom stereocenters. The first-order valence-electron chi connectivity index (χ1n) is 4.43. The molecule has 1 saturated heterocycles. The SMILES string of the molecule is CS(=O)(=O)NCCNC1COCC1O. The summed E-state index contributed by atoms with van der Waals surface area (Å²) in [6.45, 7) is 1.62. The molecule has 2 atom stereocenters. The molecule has 0 bridgehead atoms. The molecule has 3 N–H and O–H groups in total. The van der Waals surface area contributed by atoms with Crippen molar-refractivity contribution in [3.63, 3.8) is 0 Å². The van der Waals surface area contributed by atoms with Gasteiger partial charge in [0.05, 0.1) is 31.6 Å². The average Bonchev–Trinajstić information content (AvgIpc) is 2.44. The van der Waals surface area contributed by atoms with Crippen LogP contribution in [0.15, 0.2) is 0 Å². The van der Waals surface area contributed by atoms with Crippen molar-refractivity contribution in [2.24, 2.45) is 0 Å². The second kappa shape index (κ2) is 5.04. The van der Waals surface area contributed by atoms with Gasteiger partial charge in [0, 0.05) is 13.1 Å². The number of hydrogen-bond acceptors (Lipinski definition) is 5. The zero-order valence-electron chi connectivity index (χ0n) is 8.06. The molecular weight excluding hydrogens is 208 g/mol. The third-order valence-electron chi connectivity index (χ3n) is 1.95. The van der Waals surface area contributed by atoms with Crippen LogP contribution >= 0.6 is 0 Å². The van der Waals surface area contributed by atoms with Crippen molar-refractivity contribution in [2.75, 3.05) is 32.6 Å². The molecule has 0 spiro atoms. The van der Waals surface area contributed by atoms with Gasteiger partial charge in [-0.3, -0.25) is 0 Å². The zero-order chi connectivity index (χ0) is 10.6. The monoisotopic (exact) mass is 224 g/mol. The van der Waals surface area contributed by atoms with Crippen molar-refractivity contribution in [1.29, 1.82) is 0 Å². The van der Waals surface area contributed by atoms with Crippen LogP contribution in [-0.2, 0) is 14.8 Å². The van der Waals surface area contributed by atoms with Gasteiger partial charge in [0.2, 0.25) is 10.0 Å². The van der Waals surface area contributed by atoms with Gasteiger partial charge in [-0.2, -0.15) is 0 Å². The van der Waals surface area contributed by atoms with E-state index in [9.17, 15) is 13.5 Å². The number of aliphatic hydroxyl groups excluding tert-OH is 1. The largest absolute Gasteiger partial charge is 0.389 e. The maximum Gasteiger partial charge on any atom is 0.208 e. The molecule has 0 aromatic heterocycles. The lowest BCUT2D eigenvalue weighted by atomic mass is 10.2. The summed E-state index contributed by atoms with van der Waals surface area (Å²) in [5.41, 5.74) is 0. The molecular formula is C7H16N2O4S. The summed E-state index contributed by atoms with van der Waals surface area (Å²) in [6, 6.07) is -0.0867. The van der Waals surface area contributed by atoms with Crippen LogP contribution in [0.1, 0.15) is 0 Å². The third kappa shape index (κ3) is 4.34. The van der Waals surface area contributed by atoms with Gasteiger partial charge >= 0.3 is 0 Å². The van der Waals surface area contributed by atoms with Crippen LogP contribution in [-0.4, -0.2) is 58.2 Å². The minimum absolute atomic E-state index is 0.0867. The van der Waals surface area contributed by atoms with E-state index in [1.807, 2.05) is 0 Å². The Kier molecular flexibility index (Phi) is 4.27. The zero-order valence-corrected chi connectivity index (χ0v) is 8.88. The van der Waals surface area contributed by atoms with E-state index >= 15 is 0 Å². The molecule has 1 aliphatic rings. The second-order valence-electron chi connectivity index (χ2n) is 3.33. The Hall–Kier alpha value is -0.210. The molecule has 1 heterocycles. The lowest BCUT2D eigenvalue weighted by Gasteiger charge is -2.14. The van der Waals surface area contributed by atoms with Gasteiger partial charge in [-0.1, -0.05) is 0 Å². The number of rotatable bonds is 5. The molecule has 6 nitrogen and oxygen atoms in total. The fraction of sp³-hybridized carbons (Fsp3) is 1.00. The molecule has 1 fully saturated rings. The minimum atomic E-state index is -3.12. The lowest BCUT2D eigenvalue weighted by Crippen LogP contribution is -2.42. The maximum atomic E-state index is 10.7. The highest BCUT2D eigenvalue weighted by Gasteiger charge is 2.24. The smallest absolute Gasteiger partial charge is 0.208 e. The van der Waals surface area contributed by atoms with Crippen LogP contribution in [0.3, 0.4) is 0 Å². The van der Waals surface area contributed by atoms with Crippen LogP contribution < -0.4 is 10.0 Å². The standard InChI is InChI=1S/C7H16N2O4S/c1-14(11,12)9-3-2-8-6-4-13-5-7(6)10/h6-10H,2-5H2,1H3. The van der Waals surface area contributed by atoms with Crippen molar-refractivity contribution < 1.29 is 18.3 Å². The number of nitrogens with one attached hydrogen (secondary N) is 2. The second-order valence-corrected chi connectivity index (χ2v) is 5.16. The number of hydrogen-bond donors (Lipinski definition) is 3. The Balaban J connectivity index is 2.09.